The smallest absolute Gasteiger partial charge is 0.325 e. The number of piperidine rings is 1. The van der Waals surface area contributed by atoms with Crippen LogP contribution >= 0.6 is 0 Å². The summed E-state index contributed by atoms with van der Waals surface area (Å²) in [5.41, 5.74) is 0.281. The number of rotatable bonds is 6. The zero-order valence-electron chi connectivity index (χ0n) is 19.6. The molecular weight excluding hydrogens is 444 g/mol. The number of carbonyl (C=O) groups excluding carboxylic acids is 3. The van der Waals surface area contributed by atoms with Crippen LogP contribution in [0.25, 0.3) is 6.08 Å². The van der Waals surface area contributed by atoms with Crippen molar-refractivity contribution in [2.45, 2.75) is 37.3 Å². The van der Waals surface area contributed by atoms with Crippen molar-refractivity contribution in [1.29, 1.82) is 0 Å². The minimum atomic E-state index is -1.23. The van der Waals surface area contributed by atoms with E-state index >= 15 is 0 Å². The molecule has 0 aliphatic carbocycles. The van der Waals surface area contributed by atoms with Crippen LogP contribution in [0.15, 0.2) is 60.8 Å². The summed E-state index contributed by atoms with van der Waals surface area (Å²) in [7, 11) is 0. The predicted molar refractivity (Wildman–Crippen MR) is 130 cm³/mol. The van der Waals surface area contributed by atoms with Gasteiger partial charge in [-0.3, -0.25) is 19.5 Å². The maximum absolute atomic E-state index is 13.9. The van der Waals surface area contributed by atoms with E-state index in [1.165, 1.54) is 4.90 Å². The van der Waals surface area contributed by atoms with Gasteiger partial charge in [0.1, 0.15) is 0 Å². The highest BCUT2D eigenvalue weighted by atomic mass is 16.5. The summed E-state index contributed by atoms with van der Waals surface area (Å²) >= 11 is 0. The third-order valence-corrected chi connectivity index (χ3v) is 7.25. The molecule has 0 saturated carbocycles. The molecule has 3 saturated heterocycles. The van der Waals surface area contributed by atoms with Crippen LogP contribution in [-0.4, -0.2) is 65.0 Å². The number of carbonyl (C=O) groups is 3. The zero-order valence-corrected chi connectivity index (χ0v) is 19.6. The van der Waals surface area contributed by atoms with Gasteiger partial charge in [0.05, 0.1) is 18.3 Å². The van der Waals surface area contributed by atoms with Crippen molar-refractivity contribution >= 4 is 23.9 Å². The Balaban J connectivity index is 1.33. The highest BCUT2D eigenvalue weighted by molar-refractivity contribution is 6.07. The fraction of sp³-hybridized carbons (Fsp3) is 0.407. The maximum Gasteiger partial charge on any atom is 0.325 e. The Morgan fingerprint density at radius 2 is 1.86 bits per heavy atom. The lowest BCUT2D eigenvalue weighted by atomic mass is 9.75. The first-order valence-corrected chi connectivity index (χ1v) is 12.3. The van der Waals surface area contributed by atoms with E-state index in [0.29, 0.717) is 38.2 Å². The third-order valence-electron chi connectivity index (χ3n) is 7.25. The number of hydrogen-bond donors (Lipinski definition) is 1. The monoisotopic (exact) mass is 474 g/mol. The molecular formula is C27H30N4O4. The number of pyridine rings is 1. The van der Waals surface area contributed by atoms with Crippen molar-refractivity contribution in [3.8, 4) is 0 Å². The van der Waals surface area contributed by atoms with Gasteiger partial charge in [0.15, 0.2) is 5.54 Å². The van der Waals surface area contributed by atoms with E-state index in [-0.39, 0.29) is 30.4 Å². The van der Waals surface area contributed by atoms with E-state index in [9.17, 15) is 14.4 Å². The topological polar surface area (TPSA) is 91.8 Å². The Labute approximate surface area is 205 Å². The molecule has 0 unspecified atom stereocenters. The van der Waals surface area contributed by atoms with Gasteiger partial charge in [0.25, 0.3) is 5.91 Å². The van der Waals surface area contributed by atoms with Crippen LogP contribution in [0.2, 0.25) is 0 Å². The molecule has 182 valence electrons. The average molecular weight is 475 g/mol. The molecule has 1 N–H and O–H groups in total. The molecule has 1 aromatic heterocycles. The summed E-state index contributed by atoms with van der Waals surface area (Å²) in [6.07, 6.45) is 7.87. The number of likely N-dealkylation sites (tertiary alicyclic amines) is 1. The molecule has 4 amide bonds. The van der Waals surface area contributed by atoms with Gasteiger partial charge in [-0.1, -0.05) is 36.4 Å². The second-order valence-electron chi connectivity index (χ2n) is 9.35. The molecule has 8 nitrogen and oxygen atoms in total. The molecule has 35 heavy (non-hydrogen) atoms. The molecule has 3 aliphatic rings. The number of amides is 4. The quantitative estimate of drug-likeness (QED) is 0.513. The normalized spacial score (nSPS) is 25.4. The van der Waals surface area contributed by atoms with Crippen molar-refractivity contribution in [1.82, 2.24) is 20.1 Å². The van der Waals surface area contributed by atoms with E-state index in [1.54, 1.807) is 29.3 Å². The van der Waals surface area contributed by atoms with E-state index in [2.05, 4.69) is 10.3 Å². The predicted octanol–water partition coefficient (Wildman–Crippen LogP) is 2.96. The van der Waals surface area contributed by atoms with Gasteiger partial charge in [0.2, 0.25) is 5.91 Å². The molecule has 2 atom stereocenters. The highest BCUT2D eigenvalue weighted by Gasteiger charge is 2.58. The van der Waals surface area contributed by atoms with Gasteiger partial charge < -0.3 is 15.0 Å². The summed E-state index contributed by atoms with van der Waals surface area (Å²) in [6.45, 7) is 1.92. The van der Waals surface area contributed by atoms with Crippen molar-refractivity contribution in [3.63, 3.8) is 0 Å². The van der Waals surface area contributed by atoms with Crippen LogP contribution in [0.5, 0.6) is 0 Å². The lowest BCUT2D eigenvalue weighted by Crippen LogP contribution is -2.54. The number of ether oxygens (including phenoxy) is 1. The van der Waals surface area contributed by atoms with Gasteiger partial charge in [-0.15, -0.1) is 0 Å². The Morgan fingerprint density at radius 3 is 2.54 bits per heavy atom. The second-order valence-corrected chi connectivity index (χ2v) is 9.35. The largest absolute Gasteiger partial charge is 0.376 e. The Bertz CT molecular complexity index is 1090. The molecule has 1 aromatic carbocycles. The number of benzene rings is 1. The Kier molecular flexibility index (Phi) is 6.63. The van der Waals surface area contributed by atoms with Gasteiger partial charge >= 0.3 is 6.03 Å². The maximum atomic E-state index is 13.9. The van der Waals surface area contributed by atoms with Crippen LogP contribution in [0, 0.1) is 5.92 Å². The molecule has 8 heteroatoms. The summed E-state index contributed by atoms with van der Waals surface area (Å²) in [5, 5.41) is 3.02. The lowest BCUT2D eigenvalue weighted by Gasteiger charge is -2.40. The molecule has 0 spiro atoms. The number of imide groups is 1. The van der Waals surface area contributed by atoms with Crippen LogP contribution in [-0.2, 0) is 19.9 Å². The van der Waals surface area contributed by atoms with Gasteiger partial charge in [-0.25, -0.2) is 4.79 Å². The van der Waals surface area contributed by atoms with E-state index in [1.807, 2.05) is 42.5 Å². The number of nitrogens with one attached hydrogen (secondary N) is 1. The van der Waals surface area contributed by atoms with Crippen molar-refractivity contribution < 1.29 is 19.1 Å². The number of nitrogens with zero attached hydrogens (tertiary/aromatic N) is 3. The van der Waals surface area contributed by atoms with Crippen LogP contribution < -0.4 is 5.32 Å². The molecule has 0 bridgehead atoms. The first kappa shape index (κ1) is 23.2. The van der Waals surface area contributed by atoms with Crippen LogP contribution in [0.3, 0.4) is 0 Å². The zero-order chi connectivity index (χ0) is 24.3. The van der Waals surface area contributed by atoms with E-state index in [0.717, 1.165) is 18.4 Å². The van der Waals surface area contributed by atoms with Crippen LogP contribution in [0.4, 0.5) is 4.79 Å². The molecule has 2 aromatic rings. The number of urea groups is 1. The summed E-state index contributed by atoms with van der Waals surface area (Å²) in [6, 6.07) is 14.7. The average Bonchev–Trinajstić information content (AvgIpc) is 3.51. The molecule has 3 fully saturated rings. The first-order chi connectivity index (χ1) is 17.1. The highest BCUT2D eigenvalue weighted by Crippen LogP contribution is 2.41. The van der Waals surface area contributed by atoms with Crippen LogP contribution in [0.1, 0.15) is 36.9 Å². The third kappa shape index (κ3) is 4.58. The second kappa shape index (κ2) is 10.00. The Hall–Kier alpha value is -3.52. The SMILES string of the molecule is O=C(/C=C/c1ccccc1)N1CCC([C@@]2(c3ccccn3)NC(=O)N(C[C@H]3CCCO3)C2=O)CC1. The minimum Gasteiger partial charge on any atom is -0.376 e. The van der Waals surface area contributed by atoms with E-state index < -0.39 is 11.6 Å². The lowest BCUT2D eigenvalue weighted by molar-refractivity contribution is -0.136. The standard InChI is InChI=1S/C27H30N4O4/c32-24(12-11-20-7-2-1-3-8-20)30-16-13-21(14-17-30)27(23-10-4-5-15-28-23)25(33)31(26(34)29-27)19-22-9-6-18-35-22/h1-5,7-8,10-12,15,21-22H,6,9,13-14,16-19H2,(H,29,34)/b12-11+/t22-,27+/m1/s1. The van der Waals surface area contributed by atoms with Gasteiger partial charge in [-0.2, -0.15) is 0 Å². The molecule has 4 heterocycles. The van der Waals surface area contributed by atoms with Crippen molar-refractivity contribution in [3.05, 3.63) is 72.1 Å². The number of aromatic nitrogens is 1. The van der Waals surface area contributed by atoms with Gasteiger partial charge in [0, 0.05) is 37.9 Å². The summed E-state index contributed by atoms with van der Waals surface area (Å²) < 4.78 is 5.69. The fourth-order valence-corrected chi connectivity index (χ4v) is 5.38. The fourth-order valence-electron chi connectivity index (χ4n) is 5.38. The van der Waals surface area contributed by atoms with Gasteiger partial charge in [-0.05, 0) is 49.5 Å². The minimum absolute atomic E-state index is 0.0546. The summed E-state index contributed by atoms with van der Waals surface area (Å²) in [4.78, 5) is 47.3. The molecule has 0 radical (unpaired) electrons. The molecule has 5 rings (SSSR count). The van der Waals surface area contributed by atoms with E-state index in [4.69, 9.17) is 4.74 Å². The number of hydrogen-bond acceptors (Lipinski definition) is 5. The first-order valence-electron chi connectivity index (χ1n) is 12.3. The molecule has 3 aliphatic heterocycles. The Morgan fingerprint density at radius 1 is 1.09 bits per heavy atom. The van der Waals surface area contributed by atoms with Crippen molar-refractivity contribution in [2.24, 2.45) is 5.92 Å². The summed E-state index contributed by atoms with van der Waals surface area (Å²) in [5.74, 6) is -0.503. The van der Waals surface area contributed by atoms with Crippen molar-refractivity contribution in [2.75, 3.05) is 26.2 Å².